The highest BCUT2D eigenvalue weighted by Crippen LogP contribution is 2.44. The van der Waals surface area contributed by atoms with Crippen molar-refractivity contribution in [2.75, 3.05) is 14.2 Å². The van der Waals surface area contributed by atoms with Crippen LogP contribution in [0.1, 0.15) is 103 Å². The van der Waals surface area contributed by atoms with Gasteiger partial charge in [0.2, 0.25) is 11.8 Å². The first-order valence-electron chi connectivity index (χ1n) is 21.4. The van der Waals surface area contributed by atoms with Crippen molar-refractivity contribution in [3.8, 4) is 28.1 Å². The van der Waals surface area contributed by atoms with E-state index in [-0.39, 0.29) is 47.8 Å². The molecule has 2 aromatic heterocycles. The number of imidazole rings is 2. The molecule has 0 spiro atoms. The average molecular weight is 833 g/mol. The molecular weight excluding hydrogens is 777 g/mol. The van der Waals surface area contributed by atoms with Gasteiger partial charge in [0, 0.05) is 23.0 Å². The summed E-state index contributed by atoms with van der Waals surface area (Å²) in [5.41, 5.74) is 6.60. The predicted octanol–water partition coefficient (Wildman–Crippen LogP) is 7.92. The maximum atomic E-state index is 14.0. The number of methoxy groups -OCH3 is 2. The summed E-state index contributed by atoms with van der Waals surface area (Å²) in [6.07, 6.45) is 4.54. The highest BCUT2D eigenvalue weighted by molar-refractivity contribution is 6.07. The van der Waals surface area contributed by atoms with Crippen molar-refractivity contribution < 1.29 is 33.4 Å². The minimum absolute atomic E-state index is 0.0257. The molecule has 0 radical (unpaired) electrons. The Morgan fingerprint density at radius 2 is 1.49 bits per heavy atom. The third-order valence-corrected chi connectivity index (χ3v) is 12.8. The number of carbonyl (C=O) groups excluding carboxylic acids is 4. The Kier molecular flexibility index (Phi) is 11.4. The first kappa shape index (κ1) is 41.6. The number of ether oxygens (including phenoxy) is 3. The molecule has 4 amide bonds. The molecular formula is C46H56N8O7. The number of hydrogen-bond donors (Lipinski definition) is 4. The molecule has 1 unspecified atom stereocenters. The molecule has 3 aromatic carbocycles. The second-order valence-corrected chi connectivity index (χ2v) is 17.3. The van der Waals surface area contributed by atoms with Crippen molar-refractivity contribution >= 4 is 45.8 Å². The quantitative estimate of drug-likeness (QED) is 0.109. The van der Waals surface area contributed by atoms with E-state index in [9.17, 15) is 19.2 Å². The lowest BCUT2D eigenvalue weighted by atomic mass is 9.92. The number of aromatic amines is 2. The van der Waals surface area contributed by atoms with Gasteiger partial charge in [-0.15, -0.1) is 0 Å². The van der Waals surface area contributed by atoms with E-state index in [4.69, 9.17) is 24.2 Å². The smallest absolute Gasteiger partial charge is 0.407 e. The fraction of sp³-hybridized carbons (Fsp3) is 0.478. The molecule has 8 rings (SSSR count). The molecule has 2 saturated heterocycles. The van der Waals surface area contributed by atoms with E-state index >= 15 is 0 Å². The largest absolute Gasteiger partial charge is 0.488 e. The summed E-state index contributed by atoms with van der Waals surface area (Å²) in [6.45, 7) is 12.1. The van der Waals surface area contributed by atoms with Crippen molar-refractivity contribution in [2.24, 2.45) is 11.8 Å². The Balaban J connectivity index is 1.05. The number of likely N-dealkylation sites (tertiary alicyclic amines) is 2. The summed E-state index contributed by atoms with van der Waals surface area (Å²) in [5, 5.41) is 7.45. The van der Waals surface area contributed by atoms with Crippen LogP contribution < -0.4 is 15.4 Å². The van der Waals surface area contributed by atoms with Crippen molar-refractivity contribution in [3.63, 3.8) is 0 Å². The summed E-state index contributed by atoms with van der Waals surface area (Å²) in [4.78, 5) is 73.0. The van der Waals surface area contributed by atoms with Gasteiger partial charge in [-0.2, -0.15) is 0 Å². The monoisotopic (exact) mass is 832 g/mol. The number of hydrogen-bond acceptors (Lipinski definition) is 9. The zero-order valence-electron chi connectivity index (χ0n) is 36.1. The molecule has 3 aliphatic heterocycles. The number of nitrogens with one attached hydrogen (secondary N) is 4. The molecule has 5 heterocycles. The maximum Gasteiger partial charge on any atom is 0.407 e. The Labute approximate surface area is 355 Å². The van der Waals surface area contributed by atoms with Crippen LogP contribution >= 0.6 is 0 Å². The first-order valence-corrected chi connectivity index (χ1v) is 21.4. The third kappa shape index (κ3) is 7.63. The van der Waals surface area contributed by atoms with Gasteiger partial charge in [-0.3, -0.25) is 9.59 Å². The highest BCUT2D eigenvalue weighted by Gasteiger charge is 2.43. The van der Waals surface area contributed by atoms with E-state index in [2.05, 4.69) is 63.9 Å². The lowest BCUT2D eigenvalue weighted by Gasteiger charge is -2.34. The maximum absolute atomic E-state index is 14.0. The number of amides is 4. The van der Waals surface area contributed by atoms with Gasteiger partial charge >= 0.3 is 12.2 Å². The van der Waals surface area contributed by atoms with Gasteiger partial charge in [0.05, 0.1) is 49.2 Å². The van der Waals surface area contributed by atoms with E-state index in [1.54, 1.807) is 0 Å². The van der Waals surface area contributed by atoms with Crippen molar-refractivity contribution in [2.45, 2.75) is 117 Å². The Morgan fingerprint density at radius 3 is 2.16 bits per heavy atom. The number of H-pyrrole nitrogens is 2. The van der Waals surface area contributed by atoms with Crippen LogP contribution in [0.4, 0.5) is 9.59 Å². The number of aromatic nitrogens is 4. The molecule has 0 aliphatic carbocycles. The van der Waals surface area contributed by atoms with E-state index in [0.717, 1.165) is 93.4 Å². The van der Waals surface area contributed by atoms with Gasteiger partial charge in [-0.1, -0.05) is 52.8 Å². The molecule has 0 bridgehead atoms. The zero-order chi connectivity index (χ0) is 43.3. The Morgan fingerprint density at radius 1 is 0.820 bits per heavy atom. The topological polar surface area (TPSA) is 184 Å². The number of carbonyl (C=O) groups is 4. The highest BCUT2D eigenvalue weighted by atomic mass is 16.5. The lowest BCUT2D eigenvalue weighted by Crippen LogP contribution is -2.53. The number of nitrogens with zero attached hydrogens (tertiary/aromatic N) is 4. The second kappa shape index (κ2) is 16.7. The number of benzene rings is 3. The first-order chi connectivity index (χ1) is 29.3. The van der Waals surface area contributed by atoms with Crippen LogP contribution in [0.15, 0.2) is 48.7 Å². The minimum Gasteiger partial charge on any atom is -0.488 e. The summed E-state index contributed by atoms with van der Waals surface area (Å²) in [6, 6.07) is 12.7. The molecule has 0 saturated carbocycles. The van der Waals surface area contributed by atoms with Crippen LogP contribution in [0.3, 0.4) is 0 Å². The van der Waals surface area contributed by atoms with Gasteiger partial charge in [0.25, 0.3) is 0 Å². The SMILES string of the molecule is CC[C@H]1CC[C@@H](c2ncc(-c3ccc4c(c3)COc3cc5c(ccc6[nH]c(C7CC[C@H](C)N7C(=O)[C@@H](NC(=O)OC)C(C)C)nc65)cc3-4)[nH]2)N1C(=O)[C@@H](NC(=O)OC)C(C)C. The number of rotatable bonds is 10. The molecule has 61 heavy (non-hydrogen) atoms. The lowest BCUT2D eigenvalue weighted by molar-refractivity contribution is -0.138. The molecule has 6 atom stereocenters. The van der Waals surface area contributed by atoms with E-state index in [1.807, 2.05) is 56.7 Å². The van der Waals surface area contributed by atoms with Crippen LogP contribution in [0.2, 0.25) is 0 Å². The number of fused-ring (bicyclic) bond motifs is 6. The normalized spacial score (nSPS) is 20.7. The fourth-order valence-electron chi connectivity index (χ4n) is 9.51. The van der Waals surface area contributed by atoms with Crippen molar-refractivity contribution in [1.82, 2.24) is 40.4 Å². The predicted molar refractivity (Wildman–Crippen MR) is 230 cm³/mol. The summed E-state index contributed by atoms with van der Waals surface area (Å²) in [7, 11) is 2.59. The van der Waals surface area contributed by atoms with Gasteiger partial charge in [-0.05, 0) is 97.2 Å². The van der Waals surface area contributed by atoms with Gasteiger partial charge < -0.3 is 44.6 Å². The van der Waals surface area contributed by atoms with E-state index in [1.165, 1.54) is 14.2 Å². The van der Waals surface area contributed by atoms with E-state index in [0.29, 0.717) is 12.4 Å². The van der Waals surface area contributed by atoms with Crippen molar-refractivity contribution in [1.29, 1.82) is 0 Å². The summed E-state index contributed by atoms with van der Waals surface area (Å²) in [5.74, 6) is 1.65. The van der Waals surface area contributed by atoms with Crippen LogP contribution in [0.5, 0.6) is 5.75 Å². The Hall–Kier alpha value is -6.12. The standard InChI is InChI=1S/C46H56N8O7/c1-9-29-13-17-35(54(29)44(56)39(24(4)5)52-46(58)60-8)41-47-21-34(49-41)27-11-14-30-28(18-27)22-61-37-20-31-26(19-32(30)37)12-15-33-40(31)50-42(48-33)36-16-10-25(6)53(36)43(55)38(23(2)3)51-45(57)59-7/h11-12,14-15,18-21,23-25,29,35-36,38-39H,9-10,13,16-17,22H2,1-8H3,(H,47,49)(H,48,50)(H,51,57)(H,52,58)/t25-,29-,35-,36?,38-,39-/m0/s1. The molecule has 3 aliphatic rings. The third-order valence-electron chi connectivity index (χ3n) is 12.8. The van der Waals surface area contributed by atoms with Gasteiger partial charge in [0.15, 0.2) is 0 Å². The van der Waals surface area contributed by atoms with Crippen LogP contribution in [-0.2, 0) is 25.7 Å². The average Bonchev–Trinajstić information content (AvgIpc) is 4.08. The molecule has 4 N–H and O–H groups in total. The van der Waals surface area contributed by atoms with Crippen LogP contribution in [-0.4, -0.2) is 92.1 Å². The van der Waals surface area contributed by atoms with Crippen LogP contribution in [0, 0.1) is 11.8 Å². The van der Waals surface area contributed by atoms with Crippen LogP contribution in [0.25, 0.3) is 44.2 Å². The van der Waals surface area contributed by atoms with Gasteiger partial charge in [0.1, 0.15) is 36.1 Å². The Bertz CT molecular complexity index is 2490. The van der Waals surface area contributed by atoms with E-state index < -0.39 is 24.3 Å². The molecule has 15 heteroatoms. The summed E-state index contributed by atoms with van der Waals surface area (Å²) < 4.78 is 16.1. The molecule has 5 aromatic rings. The van der Waals surface area contributed by atoms with Gasteiger partial charge in [-0.25, -0.2) is 19.6 Å². The molecule has 15 nitrogen and oxygen atoms in total. The fourth-order valence-corrected chi connectivity index (χ4v) is 9.51. The second-order valence-electron chi connectivity index (χ2n) is 17.3. The minimum atomic E-state index is -0.726. The molecule has 322 valence electrons. The summed E-state index contributed by atoms with van der Waals surface area (Å²) >= 11 is 0. The zero-order valence-corrected chi connectivity index (χ0v) is 36.1. The van der Waals surface area contributed by atoms with Crippen molar-refractivity contribution in [3.05, 3.63) is 65.9 Å². The number of alkyl carbamates (subject to hydrolysis) is 2. The molecule has 2 fully saturated rings.